The molecule has 1 fully saturated rings. The first-order valence-corrected chi connectivity index (χ1v) is 9.35. The average Bonchev–Trinajstić information content (AvgIpc) is 3.23. The standard InChI is InChI=1S/C18H20N2O4S/c1-12-11-25-18(22)20(12)10-17(21)19-6-2-3-14(19)13-4-5-15-16(9-13)24-8-7-23-15/h4-5,9,11,14H,2-3,6-8,10H2,1H3. The van der Waals surface area contributed by atoms with Gasteiger partial charge in [0.05, 0.1) is 6.04 Å². The summed E-state index contributed by atoms with van der Waals surface area (Å²) >= 11 is 1.13. The highest BCUT2D eigenvalue weighted by atomic mass is 32.1. The lowest BCUT2D eigenvalue weighted by atomic mass is 10.0. The number of nitrogens with zero attached hydrogens (tertiary/aromatic N) is 2. The third-order valence-corrected chi connectivity index (χ3v) is 5.67. The van der Waals surface area contributed by atoms with Crippen molar-refractivity contribution in [3.63, 3.8) is 0 Å². The van der Waals surface area contributed by atoms with Gasteiger partial charge in [-0.3, -0.25) is 14.2 Å². The highest BCUT2D eigenvalue weighted by Crippen LogP contribution is 2.38. The van der Waals surface area contributed by atoms with Crippen LogP contribution in [-0.4, -0.2) is 35.1 Å². The Morgan fingerprint density at radius 2 is 2.08 bits per heavy atom. The molecule has 2 aliphatic heterocycles. The number of carbonyl (C=O) groups is 1. The first kappa shape index (κ1) is 16.2. The maximum atomic E-state index is 12.8. The first-order valence-electron chi connectivity index (χ1n) is 8.47. The average molecular weight is 360 g/mol. The molecule has 0 N–H and O–H groups in total. The van der Waals surface area contributed by atoms with E-state index in [4.69, 9.17) is 9.47 Å². The second-order valence-electron chi connectivity index (χ2n) is 6.38. The van der Waals surface area contributed by atoms with E-state index in [1.54, 1.807) is 9.95 Å². The molecule has 1 unspecified atom stereocenters. The van der Waals surface area contributed by atoms with E-state index < -0.39 is 0 Å². The van der Waals surface area contributed by atoms with Crippen LogP contribution < -0.4 is 14.3 Å². The molecule has 1 saturated heterocycles. The molecule has 1 amide bonds. The Labute approximate surface area is 149 Å². The molecule has 1 aromatic carbocycles. The van der Waals surface area contributed by atoms with E-state index in [1.165, 1.54) is 0 Å². The van der Waals surface area contributed by atoms with Gasteiger partial charge < -0.3 is 14.4 Å². The van der Waals surface area contributed by atoms with Gasteiger partial charge in [-0.2, -0.15) is 0 Å². The fraction of sp³-hybridized carbons (Fsp3) is 0.444. The van der Waals surface area contributed by atoms with Crippen LogP contribution in [0.25, 0.3) is 0 Å². The van der Waals surface area contributed by atoms with Gasteiger partial charge in [0.1, 0.15) is 19.8 Å². The van der Waals surface area contributed by atoms with Crippen LogP contribution in [0.1, 0.15) is 30.1 Å². The van der Waals surface area contributed by atoms with Crippen LogP contribution in [0, 0.1) is 6.92 Å². The topological polar surface area (TPSA) is 60.8 Å². The van der Waals surface area contributed by atoms with Crippen LogP contribution in [0.15, 0.2) is 28.4 Å². The summed E-state index contributed by atoms with van der Waals surface area (Å²) in [4.78, 5) is 26.5. The Balaban J connectivity index is 1.56. The lowest BCUT2D eigenvalue weighted by molar-refractivity contribution is -0.132. The predicted molar refractivity (Wildman–Crippen MR) is 94.4 cm³/mol. The van der Waals surface area contributed by atoms with E-state index in [1.807, 2.05) is 30.0 Å². The quantitative estimate of drug-likeness (QED) is 0.843. The Morgan fingerprint density at radius 1 is 1.28 bits per heavy atom. The Bertz CT molecular complexity index is 857. The monoisotopic (exact) mass is 360 g/mol. The fourth-order valence-corrected chi connectivity index (χ4v) is 4.24. The SMILES string of the molecule is Cc1csc(=O)n1CC(=O)N1CCCC1c1ccc2c(c1)OCCO2. The highest BCUT2D eigenvalue weighted by Gasteiger charge is 2.31. The molecular weight excluding hydrogens is 340 g/mol. The molecule has 4 rings (SSSR count). The number of benzene rings is 1. The van der Waals surface area contributed by atoms with Crippen LogP contribution in [-0.2, 0) is 11.3 Å². The van der Waals surface area contributed by atoms with E-state index in [9.17, 15) is 9.59 Å². The summed E-state index contributed by atoms with van der Waals surface area (Å²) < 4.78 is 12.8. The van der Waals surface area contributed by atoms with Gasteiger partial charge in [0.15, 0.2) is 11.5 Å². The number of amides is 1. The number of rotatable bonds is 3. The van der Waals surface area contributed by atoms with Crippen molar-refractivity contribution in [3.05, 3.63) is 44.5 Å². The minimum atomic E-state index is -0.0825. The normalized spacial score (nSPS) is 19.2. The maximum Gasteiger partial charge on any atom is 0.307 e. The van der Waals surface area contributed by atoms with Crippen molar-refractivity contribution in [3.8, 4) is 11.5 Å². The summed E-state index contributed by atoms with van der Waals surface area (Å²) in [5, 5.41) is 1.79. The number of thiazole rings is 1. The smallest absolute Gasteiger partial charge is 0.307 e. The Morgan fingerprint density at radius 3 is 2.84 bits per heavy atom. The molecule has 25 heavy (non-hydrogen) atoms. The van der Waals surface area contributed by atoms with Crippen LogP contribution in [0.3, 0.4) is 0 Å². The summed E-state index contributed by atoms with van der Waals surface area (Å²) in [6, 6.07) is 5.93. The number of fused-ring (bicyclic) bond motifs is 1. The van der Waals surface area contributed by atoms with E-state index in [2.05, 4.69) is 0 Å². The summed E-state index contributed by atoms with van der Waals surface area (Å²) in [5.41, 5.74) is 1.89. The van der Waals surface area contributed by atoms with Crippen LogP contribution in [0.2, 0.25) is 0 Å². The largest absolute Gasteiger partial charge is 0.486 e. The van der Waals surface area contributed by atoms with E-state index in [0.717, 1.165) is 53.5 Å². The molecular formula is C18H20N2O4S. The van der Waals surface area contributed by atoms with Gasteiger partial charge in [-0.1, -0.05) is 17.4 Å². The van der Waals surface area contributed by atoms with Crippen molar-refractivity contribution >= 4 is 17.2 Å². The zero-order valence-corrected chi connectivity index (χ0v) is 14.9. The van der Waals surface area contributed by atoms with Gasteiger partial charge in [0.25, 0.3) is 0 Å². The lowest BCUT2D eigenvalue weighted by Crippen LogP contribution is -2.35. The van der Waals surface area contributed by atoms with Gasteiger partial charge in [-0.25, -0.2) is 0 Å². The summed E-state index contributed by atoms with van der Waals surface area (Å²) in [5.74, 6) is 1.49. The first-order chi connectivity index (χ1) is 12.1. The highest BCUT2D eigenvalue weighted by molar-refractivity contribution is 7.07. The van der Waals surface area contributed by atoms with Crippen LogP contribution in [0.4, 0.5) is 0 Å². The summed E-state index contributed by atoms with van der Waals surface area (Å²) in [7, 11) is 0. The number of hydrogen-bond donors (Lipinski definition) is 0. The van der Waals surface area contributed by atoms with Crippen molar-refractivity contribution < 1.29 is 14.3 Å². The summed E-state index contributed by atoms with van der Waals surface area (Å²) in [6.45, 7) is 3.79. The van der Waals surface area contributed by atoms with Gasteiger partial charge in [0.2, 0.25) is 5.91 Å². The molecule has 7 heteroatoms. The molecule has 0 radical (unpaired) electrons. The molecule has 2 aliphatic rings. The zero-order valence-electron chi connectivity index (χ0n) is 14.1. The molecule has 6 nitrogen and oxygen atoms in total. The zero-order chi connectivity index (χ0) is 17.4. The molecule has 0 spiro atoms. The third kappa shape index (κ3) is 3.04. The Kier molecular flexibility index (Phi) is 4.25. The lowest BCUT2D eigenvalue weighted by Gasteiger charge is -2.27. The second-order valence-corrected chi connectivity index (χ2v) is 7.20. The molecule has 132 valence electrons. The van der Waals surface area contributed by atoms with Crippen molar-refractivity contribution in [1.82, 2.24) is 9.47 Å². The molecule has 0 bridgehead atoms. The van der Waals surface area contributed by atoms with Gasteiger partial charge in [-0.15, -0.1) is 0 Å². The minimum absolute atomic E-state index is 0.0130. The van der Waals surface area contributed by atoms with Gasteiger partial charge in [0, 0.05) is 17.6 Å². The van der Waals surface area contributed by atoms with Crippen LogP contribution in [0.5, 0.6) is 11.5 Å². The number of carbonyl (C=O) groups excluding carboxylic acids is 1. The minimum Gasteiger partial charge on any atom is -0.486 e. The molecule has 2 aromatic rings. The molecule has 1 atom stereocenters. The van der Waals surface area contributed by atoms with Crippen molar-refractivity contribution in [2.24, 2.45) is 0 Å². The van der Waals surface area contributed by atoms with E-state index in [-0.39, 0.29) is 23.4 Å². The fourth-order valence-electron chi connectivity index (χ4n) is 3.50. The number of likely N-dealkylation sites (tertiary alicyclic amines) is 1. The van der Waals surface area contributed by atoms with Crippen molar-refractivity contribution in [1.29, 1.82) is 0 Å². The van der Waals surface area contributed by atoms with Gasteiger partial charge >= 0.3 is 4.87 Å². The van der Waals surface area contributed by atoms with Gasteiger partial charge in [-0.05, 0) is 37.5 Å². The van der Waals surface area contributed by atoms with Crippen LogP contribution >= 0.6 is 11.3 Å². The summed E-state index contributed by atoms with van der Waals surface area (Å²) in [6.07, 6.45) is 1.88. The van der Waals surface area contributed by atoms with E-state index >= 15 is 0 Å². The maximum absolute atomic E-state index is 12.8. The molecule has 0 saturated carbocycles. The Hall–Kier alpha value is -2.28. The number of hydrogen-bond acceptors (Lipinski definition) is 5. The number of aryl methyl sites for hydroxylation is 1. The van der Waals surface area contributed by atoms with Crippen molar-refractivity contribution in [2.75, 3.05) is 19.8 Å². The number of ether oxygens (including phenoxy) is 2. The second kappa shape index (κ2) is 6.55. The number of aromatic nitrogens is 1. The molecule has 1 aromatic heterocycles. The van der Waals surface area contributed by atoms with E-state index in [0.29, 0.717) is 13.2 Å². The molecule has 0 aliphatic carbocycles. The third-order valence-electron chi connectivity index (χ3n) is 4.79. The molecule has 3 heterocycles. The predicted octanol–water partition coefficient (Wildman–Crippen LogP) is 2.35. The van der Waals surface area contributed by atoms with Crippen molar-refractivity contribution in [2.45, 2.75) is 32.4 Å².